The highest BCUT2D eigenvalue weighted by Crippen LogP contribution is 2.37. The lowest BCUT2D eigenvalue weighted by Gasteiger charge is -2.41. The number of carbonyl (C=O) groups excluding carboxylic acids is 2. The van der Waals surface area contributed by atoms with Crippen molar-refractivity contribution in [2.75, 3.05) is 19.6 Å². The van der Waals surface area contributed by atoms with Crippen LogP contribution in [0.3, 0.4) is 0 Å². The first-order valence-electron chi connectivity index (χ1n) is 11.3. The van der Waals surface area contributed by atoms with Crippen LogP contribution in [0.25, 0.3) is 5.52 Å². The number of hydrogen-bond acceptors (Lipinski definition) is 5. The molecule has 12 heteroatoms. The first-order valence-corrected chi connectivity index (χ1v) is 11.7. The summed E-state index contributed by atoms with van der Waals surface area (Å²) in [7, 11) is 0. The fourth-order valence-electron chi connectivity index (χ4n) is 4.64. The molecule has 0 atom stereocenters. The number of pyridine rings is 1. The van der Waals surface area contributed by atoms with Gasteiger partial charge in [-0.25, -0.2) is 4.52 Å². The second-order valence-corrected chi connectivity index (χ2v) is 9.51. The lowest BCUT2D eigenvalue weighted by atomic mass is 9.91. The van der Waals surface area contributed by atoms with Crippen LogP contribution in [-0.4, -0.2) is 74.2 Å². The maximum Gasteiger partial charge on any atom is 0.433 e. The van der Waals surface area contributed by atoms with E-state index in [0.29, 0.717) is 36.7 Å². The molecule has 2 aliphatic carbocycles. The average Bonchev–Trinajstić information content (AvgIpc) is 3.54. The van der Waals surface area contributed by atoms with Gasteiger partial charge in [-0.15, -0.1) is 0 Å². The molecule has 1 saturated heterocycles. The molecular formula is C22H24ClF3N4O4. The number of ether oxygens (including phenoxy) is 1. The molecule has 184 valence electrons. The molecule has 0 unspecified atom stereocenters. The average molecular weight is 501 g/mol. The van der Waals surface area contributed by atoms with Crippen molar-refractivity contribution in [2.24, 2.45) is 0 Å². The van der Waals surface area contributed by atoms with Gasteiger partial charge in [-0.1, -0.05) is 11.6 Å². The number of aliphatic hydroxyl groups is 1. The Bertz CT molecular complexity index is 1130. The van der Waals surface area contributed by atoms with Gasteiger partial charge in [0.15, 0.2) is 5.69 Å². The summed E-state index contributed by atoms with van der Waals surface area (Å²) in [5, 5.41) is 13.4. The van der Waals surface area contributed by atoms with Gasteiger partial charge in [0, 0.05) is 31.3 Å². The third-order valence-electron chi connectivity index (χ3n) is 6.62. The highest BCUT2D eigenvalue weighted by molar-refractivity contribution is 6.36. The van der Waals surface area contributed by atoms with Crippen LogP contribution in [0.5, 0.6) is 5.75 Å². The molecule has 0 bridgehead atoms. The van der Waals surface area contributed by atoms with Gasteiger partial charge in [0.05, 0.1) is 22.7 Å². The maximum absolute atomic E-state index is 13.7. The summed E-state index contributed by atoms with van der Waals surface area (Å²) in [6.07, 6.45) is -1.02. The molecule has 3 fully saturated rings. The van der Waals surface area contributed by atoms with Gasteiger partial charge in [0.1, 0.15) is 18.0 Å². The Hall–Kier alpha value is -2.53. The van der Waals surface area contributed by atoms with Gasteiger partial charge in [-0.3, -0.25) is 9.59 Å². The zero-order valence-electron chi connectivity index (χ0n) is 18.2. The normalized spacial score (nSPS) is 24.1. The number of piperazine rings is 1. The molecule has 1 N–H and O–H groups in total. The van der Waals surface area contributed by atoms with Gasteiger partial charge in [0.2, 0.25) is 5.91 Å². The van der Waals surface area contributed by atoms with E-state index >= 15 is 0 Å². The lowest BCUT2D eigenvalue weighted by Crippen LogP contribution is -2.56. The number of nitrogens with zero attached hydrogens (tertiary/aromatic N) is 4. The van der Waals surface area contributed by atoms with Crippen molar-refractivity contribution in [3.05, 3.63) is 28.5 Å². The molecule has 2 aromatic heterocycles. The molecule has 0 radical (unpaired) electrons. The molecule has 8 nitrogen and oxygen atoms in total. The minimum absolute atomic E-state index is 0.0181. The highest BCUT2D eigenvalue weighted by atomic mass is 35.5. The number of aromatic nitrogens is 2. The highest BCUT2D eigenvalue weighted by Gasteiger charge is 2.39. The molecule has 1 aliphatic heterocycles. The number of aliphatic hydroxyl groups excluding tert-OH is 1. The van der Waals surface area contributed by atoms with Crippen molar-refractivity contribution in [1.29, 1.82) is 0 Å². The molecule has 3 aliphatic rings. The van der Waals surface area contributed by atoms with Gasteiger partial charge < -0.3 is 19.6 Å². The van der Waals surface area contributed by atoms with Crippen LogP contribution in [0.2, 0.25) is 5.02 Å². The minimum atomic E-state index is -4.74. The molecule has 3 heterocycles. The Balaban J connectivity index is 1.39. The van der Waals surface area contributed by atoms with E-state index in [1.807, 2.05) is 0 Å². The fraction of sp³-hybridized carbons (Fsp3) is 0.591. The Labute approximate surface area is 198 Å². The molecule has 0 aromatic carbocycles. The topological polar surface area (TPSA) is 87.4 Å². The van der Waals surface area contributed by atoms with Crippen molar-refractivity contribution < 1.29 is 32.6 Å². The molecule has 2 amide bonds. The maximum atomic E-state index is 13.7. The number of halogens is 4. The first-order chi connectivity index (χ1) is 16.1. The van der Waals surface area contributed by atoms with Crippen molar-refractivity contribution in [2.45, 2.75) is 63.0 Å². The molecule has 2 aromatic rings. The number of alkyl halides is 3. The molecule has 2 saturated carbocycles. The number of carbonyl (C=O) groups is 2. The SMILES string of the molecule is O=C(c1nn2c(C(F)(F)F)cc(OC3CC3)cc2c1Cl)N1CCN(C2CCC(O)CC2)C(=O)C1. The Morgan fingerprint density at radius 3 is 2.44 bits per heavy atom. The Morgan fingerprint density at radius 1 is 1.12 bits per heavy atom. The van der Waals surface area contributed by atoms with Crippen LogP contribution < -0.4 is 4.74 Å². The van der Waals surface area contributed by atoms with E-state index < -0.39 is 17.8 Å². The van der Waals surface area contributed by atoms with Gasteiger partial charge >= 0.3 is 6.18 Å². The van der Waals surface area contributed by atoms with Crippen molar-refractivity contribution >= 4 is 28.9 Å². The van der Waals surface area contributed by atoms with Crippen LogP contribution >= 0.6 is 11.6 Å². The van der Waals surface area contributed by atoms with E-state index in [9.17, 15) is 27.9 Å². The van der Waals surface area contributed by atoms with E-state index in [2.05, 4.69) is 5.10 Å². The van der Waals surface area contributed by atoms with E-state index in [1.54, 1.807) is 4.90 Å². The predicted octanol–water partition coefficient (Wildman–Crippen LogP) is 3.14. The standard InChI is InChI=1S/C22H24ClF3N4O4/c23-19-16-9-15(34-14-5-6-14)10-17(22(24,25)26)30(16)27-20(19)21(33)28-7-8-29(18(32)11-28)12-1-3-13(31)4-2-12/h9-10,12-14,31H,1-8,11H2. The van der Waals surface area contributed by atoms with Crippen LogP contribution in [0.1, 0.15) is 54.7 Å². The summed E-state index contributed by atoms with van der Waals surface area (Å²) < 4.78 is 47.3. The van der Waals surface area contributed by atoms with Crippen LogP contribution in [0, 0.1) is 0 Å². The zero-order chi connectivity index (χ0) is 24.2. The second kappa shape index (κ2) is 8.60. The monoisotopic (exact) mass is 500 g/mol. The Morgan fingerprint density at radius 2 is 1.82 bits per heavy atom. The summed E-state index contributed by atoms with van der Waals surface area (Å²) >= 11 is 6.35. The van der Waals surface area contributed by atoms with Crippen molar-refractivity contribution in [1.82, 2.24) is 19.4 Å². The first kappa shape index (κ1) is 23.2. The van der Waals surface area contributed by atoms with Crippen LogP contribution in [0.15, 0.2) is 12.1 Å². The number of fused-ring (bicyclic) bond motifs is 1. The molecular weight excluding hydrogens is 477 g/mol. The number of amides is 2. The van der Waals surface area contributed by atoms with Crippen LogP contribution in [0.4, 0.5) is 13.2 Å². The predicted molar refractivity (Wildman–Crippen MR) is 115 cm³/mol. The van der Waals surface area contributed by atoms with Gasteiger partial charge in [0.25, 0.3) is 5.91 Å². The number of hydrogen-bond donors (Lipinski definition) is 1. The molecule has 5 rings (SSSR count). The largest absolute Gasteiger partial charge is 0.490 e. The summed E-state index contributed by atoms with van der Waals surface area (Å²) in [6.45, 7) is 0.323. The Kier molecular flexibility index (Phi) is 5.87. The van der Waals surface area contributed by atoms with E-state index in [1.165, 1.54) is 11.0 Å². The fourth-order valence-corrected chi connectivity index (χ4v) is 4.90. The lowest BCUT2D eigenvalue weighted by molar-refractivity contribution is -0.142. The van der Waals surface area contributed by atoms with Crippen LogP contribution in [-0.2, 0) is 11.0 Å². The molecule has 0 spiro atoms. The quantitative estimate of drug-likeness (QED) is 0.697. The van der Waals surface area contributed by atoms with E-state index in [4.69, 9.17) is 16.3 Å². The smallest absolute Gasteiger partial charge is 0.433 e. The summed E-state index contributed by atoms with van der Waals surface area (Å²) in [6, 6.07) is 2.22. The van der Waals surface area contributed by atoms with Gasteiger partial charge in [-0.2, -0.15) is 18.3 Å². The van der Waals surface area contributed by atoms with E-state index in [0.717, 1.165) is 18.9 Å². The number of rotatable bonds is 4. The molecule has 34 heavy (non-hydrogen) atoms. The van der Waals surface area contributed by atoms with E-state index in [-0.39, 0.29) is 59.2 Å². The van der Waals surface area contributed by atoms with Crippen molar-refractivity contribution in [3.8, 4) is 5.75 Å². The summed E-state index contributed by atoms with van der Waals surface area (Å²) in [4.78, 5) is 28.9. The third-order valence-corrected chi connectivity index (χ3v) is 6.99. The summed E-state index contributed by atoms with van der Waals surface area (Å²) in [5.74, 6) is -0.917. The summed E-state index contributed by atoms with van der Waals surface area (Å²) in [5.41, 5.74) is -1.51. The minimum Gasteiger partial charge on any atom is -0.490 e. The second-order valence-electron chi connectivity index (χ2n) is 9.13. The zero-order valence-corrected chi connectivity index (χ0v) is 19.0. The van der Waals surface area contributed by atoms with Gasteiger partial charge in [-0.05, 0) is 38.5 Å². The van der Waals surface area contributed by atoms with Crippen molar-refractivity contribution in [3.63, 3.8) is 0 Å². The third kappa shape index (κ3) is 4.43.